The van der Waals surface area contributed by atoms with Crippen molar-refractivity contribution in [2.24, 2.45) is 4.99 Å². The normalized spacial score (nSPS) is 12.4. The number of hydrogen-bond acceptors (Lipinski definition) is 4. The maximum atomic E-state index is 12.9. The van der Waals surface area contributed by atoms with Gasteiger partial charge in [0.25, 0.3) is 0 Å². The molecular formula is C17H31F2IN6O2. The second-order valence-electron chi connectivity index (χ2n) is 7.59. The van der Waals surface area contributed by atoms with Gasteiger partial charge in [-0.25, -0.2) is 14.8 Å². The van der Waals surface area contributed by atoms with Crippen LogP contribution in [0.25, 0.3) is 0 Å². The number of hydrogen-bond donors (Lipinski definition) is 3. The number of nitrogens with one attached hydrogen (secondary N) is 3. The Bertz CT molecular complexity index is 644. The highest BCUT2D eigenvalue weighted by molar-refractivity contribution is 14.0. The van der Waals surface area contributed by atoms with Gasteiger partial charge in [-0.2, -0.15) is 8.78 Å². The number of alkyl halides is 2. The number of nitrogens with zero attached hydrogens (tertiary/aromatic N) is 3. The highest BCUT2D eigenvalue weighted by atomic mass is 127. The van der Waals surface area contributed by atoms with Crippen molar-refractivity contribution in [3.63, 3.8) is 0 Å². The topological polar surface area (TPSA) is 92.6 Å². The molecule has 0 spiro atoms. The van der Waals surface area contributed by atoms with Crippen LogP contribution in [0.5, 0.6) is 0 Å². The zero-order chi connectivity index (χ0) is 20.7. The fourth-order valence-electron chi connectivity index (χ4n) is 2.06. The average molecular weight is 516 g/mol. The molecule has 0 aromatic carbocycles. The molecule has 1 aromatic heterocycles. The summed E-state index contributed by atoms with van der Waals surface area (Å²) in [4.78, 5) is 20.1. The lowest BCUT2D eigenvalue weighted by molar-refractivity contribution is 0.0473. The van der Waals surface area contributed by atoms with E-state index in [2.05, 4.69) is 25.9 Å². The van der Waals surface area contributed by atoms with Gasteiger partial charge in [-0.3, -0.25) is 4.57 Å². The van der Waals surface area contributed by atoms with Crippen LogP contribution < -0.4 is 16.0 Å². The van der Waals surface area contributed by atoms with E-state index < -0.39 is 23.8 Å². The summed E-state index contributed by atoms with van der Waals surface area (Å²) in [5.41, 5.74) is -1.21. The maximum Gasteiger partial charge on any atom is 0.408 e. The molecule has 1 aromatic rings. The molecule has 0 saturated heterocycles. The van der Waals surface area contributed by atoms with Crippen LogP contribution >= 0.6 is 24.0 Å². The maximum absolute atomic E-state index is 12.9. The van der Waals surface area contributed by atoms with Gasteiger partial charge in [-0.05, 0) is 41.5 Å². The third kappa shape index (κ3) is 10.0. The van der Waals surface area contributed by atoms with Gasteiger partial charge in [0.05, 0.1) is 5.54 Å². The van der Waals surface area contributed by atoms with Gasteiger partial charge in [0.2, 0.25) is 0 Å². The molecule has 0 aliphatic carbocycles. The first kappa shape index (κ1) is 26.3. The van der Waals surface area contributed by atoms with Crippen molar-refractivity contribution in [1.29, 1.82) is 0 Å². The Kier molecular flexibility index (Phi) is 10.7. The van der Waals surface area contributed by atoms with Gasteiger partial charge >= 0.3 is 12.6 Å². The van der Waals surface area contributed by atoms with Crippen LogP contribution in [-0.2, 0) is 11.3 Å². The van der Waals surface area contributed by atoms with E-state index in [-0.39, 0.29) is 36.3 Å². The van der Waals surface area contributed by atoms with Crippen LogP contribution in [-0.4, -0.2) is 45.8 Å². The highest BCUT2D eigenvalue weighted by Crippen LogP contribution is 2.13. The third-order valence-corrected chi connectivity index (χ3v) is 3.22. The fraction of sp³-hybridized carbons (Fsp3) is 0.706. The van der Waals surface area contributed by atoms with Crippen LogP contribution in [0.4, 0.5) is 13.6 Å². The number of imidazole rings is 1. The molecule has 3 N–H and O–H groups in total. The van der Waals surface area contributed by atoms with E-state index in [9.17, 15) is 13.6 Å². The Balaban J connectivity index is 0.00000729. The van der Waals surface area contributed by atoms with Crippen molar-refractivity contribution in [1.82, 2.24) is 25.5 Å². The van der Waals surface area contributed by atoms with Crippen molar-refractivity contribution in [2.75, 3.05) is 13.1 Å². The minimum Gasteiger partial charge on any atom is -0.444 e. The van der Waals surface area contributed by atoms with Gasteiger partial charge in [0, 0.05) is 25.5 Å². The lowest BCUT2D eigenvalue weighted by atomic mass is 10.1. The Morgan fingerprint density at radius 3 is 2.46 bits per heavy atom. The Hall–Kier alpha value is -1.66. The Morgan fingerprint density at radius 2 is 1.93 bits per heavy atom. The van der Waals surface area contributed by atoms with Gasteiger partial charge < -0.3 is 20.7 Å². The van der Waals surface area contributed by atoms with Crippen LogP contribution in [0.3, 0.4) is 0 Å². The van der Waals surface area contributed by atoms with Crippen LogP contribution in [0.1, 0.15) is 53.9 Å². The summed E-state index contributed by atoms with van der Waals surface area (Å²) < 4.78 is 31.8. The number of carbonyl (C=O) groups excluding carboxylic acids is 1. The lowest BCUT2D eigenvalue weighted by Gasteiger charge is -2.29. The SMILES string of the molecule is CCNC(=NCc1nccn1C(F)F)NCC(C)(C)NC(=O)OC(C)(C)C.I. The molecule has 1 heterocycles. The first-order valence-corrected chi connectivity index (χ1v) is 8.77. The van der Waals surface area contributed by atoms with Gasteiger partial charge in [0.15, 0.2) is 5.96 Å². The molecule has 1 rings (SSSR count). The molecule has 1 amide bonds. The number of ether oxygens (including phenoxy) is 1. The molecular weight excluding hydrogens is 485 g/mol. The molecule has 0 unspecified atom stereocenters. The number of rotatable bonds is 7. The van der Waals surface area contributed by atoms with E-state index in [1.807, 2.05) is 20.8 Å². The summed E-state index contributed by atoms with van der Waals surface area (Å²) in [5.74, 6) is 0.591. The van der Waals surface area contributed by atoms with Crippen molar-refractivity contribution >= 4 is 36.0 Å². The quantitative estimate of drug-likeness (QED) is 0.294. The second kappa shape index (κ2) is 11.4. The first-order chi connectivity index (χ1) is 12.4. The summed E-state index contributed by atoms with van der Waals surface area (Å²) in [6.45, 7) is 9.19. The fourth-order valence-corrected chi connectivity index (χ4v) is 2.06. The zero-order valence-electron chi connectivity index (χ0n) is 17.2. The monoisotopic (exact) mass is 516 g/mol. The molecule has 0 radical (unpaired) electrons. The number of aliphatic imine (C=N–C) groups is 1. The number of carbonyl (C=O) groups is 1. The van der Waals surface area contributed by atoms with Gasteiger partial charge in [0.1, 0.15) is 18.0 Å². The van der Waals surface area contributed by atoms with E-state index in [0.29, 0.717) is 19.0 Å². The molecule has 28 heavy (non-hydrogen) atoms. The van der Waals surface area contributed by atoms with E-state index in [0.717, 1.165) is 4.57 Å². The summed E-state index contributed by atoms with van der Waals surface area (Å²) >= 11 is 0. The summed E-state index contributed by atoms with van der Waals surface area (Å²) in [7, 11) is 0. The third-order valence-electron chi connectivity index (χ3n) is 3.22. The summed E-state index contributed by atoms with van der Waals surface area (Å²) in [5, 5.41) is 8.89. The predicted molar refractivity (Wildman–Crippen MR) is 115 cm³/mol. The largest absolute Gasteiger partial charge is 0.444 e. The molecule has 8 nitrogen and oxygen atoms in total. The van der Waals surface area contributed by atoms with Crippen molar-refractivity contribution in [3.8, 4) is 0 Å². The predicted octanol–water partition coefficient (Wildman–Crippen LogP) is 3.25. The van der Waals surface area contributed by atoms with E-state index >= 15 is 0 Å². The minimum atomic E-state index is -2.66. The van der Waals surface area contributed by atoms with E-state index in [1.165, 1.54) is 12.4 Å². The van der Waals surface area contributed by atoms with Crippen molar-refractivity contribution < 1.29 is 18.3 Å². The molecule has 0 bridgehead atoms. The minimum absolute atomic E-state index is 0. The van der Waals surface area contributed by atoms with E-state index in [1.54, 1.807) is 20.8 Å². The van der Waals surface area contributed by atoms with Crippen molar-refractivity contribution in [3.05, 3.63) is 18.2 Å². The molecule has 0 aliphatic heterocycles. The van der Waals surface area contributed by atoms with Crippen LogP contribution in [0.15, 0.2) is 17.4 Å². The lowest BCUT2D eigenvalue weighted by Crippen LogP contribution is -2.54. The molecule has 11 heteroatoms. The number of guanidine groups is 1. The number of alkyl carbamates (subject to hydrolysis) is 1. The second-order valence-corrected chi connectivity index (χ2v) is 7.59. The van der Waals surface area contributed by atoms with Crippen LogP contribution in [0.2, 0.25) is 0 Å². The molecule has 0 fully saturated rings. The number of halogens is 3. The molecule has 0 aliphatic rings. The summed E-state index contributed by atoms with van der Waals surface area (Å²) in [6, 6.07) is 0. The van der Waals surface area contributed by atoms with Gasteiger partial charge in [-0.1, -0.05) is 0 Å². The number of aromatic nitrogens is 2. The molecule has 162 valence electrons. The Morgan fingerprint density at radius 1 is 1.29 bits per heavy atom. The average Bonchev–Trinajstić information content (AvgIpc) is 2.96. The van der Waals surface area contributed by atoms with Gasteiger partial charge in [-0.15, -0.1) is 24.0 Å². The Labute approximate surface area is 181 Å². The standard InChI is InChI=1S/C17H30F2N6O2.HI/c1-7-20-14(22-10-12-21-8-9-25(12)13(18)19)23-11-17(5,6)24-15(26)27-16(2,3)4;/h8-9,13H,7,10-11H2,1-6H3,(H,24,26)(H2,20,22,23);1H. The first-order valence-electron chi connectivity index (χ1n) is 8.77. The molecule has 0 atom stereocenters. The highest BCUT2D eigenvalue weighted by Gasteiger charge is 2.24. The van der Waals surface area contributed by atoms with Crippen LogP contribution in [0, 0.1) is 0 Å². The van der Waals surface area contributed by atoms with Crippen molar-refractivity contribution in [2.45, 2.75) is 65.8 Å². The zero-order valence-corrected chi connectivity index (χ0v) is 19.5. The number of amides is 1. The smallest absolute Gasteiger partial charge is 0.408 e. The summed E-state index contributed by atoms with van der Waals surface area (Å²) in [6.07, 6.45) is 2.00. The molecule has 0 saturated carbocycles. The van der Waals surface area contributed by atoms with E-state index in [4.69, 9.17) is 4.74 Å².